The Morgan fingerprint density at radius 3 is 2.57 bits per heavy atom. The Bertz CT molecular complexity index is 147. The normalized spacial score (nSPS) is 21.0. The lowest BCUT2D eigenvalue weighted by Crippen LogP contribution is -2.54. The SMILES string of the molecule is NCC1(NCCCCO)CCOCC1. The first-order valence-corrected chi connectivity index (χ1v) is 5.47. The molecule has 0 aliphatic carbocycles. The highest BCUT2D eigenvalue weighted by molar-refractivity contribution is 4.90. The number of nitrogens with one attached hydrogen (secondary N) is 1. The summed E-state index contributed by atoms with van der Waals surface area (Å²) in [6.07, 6.45) is 3.88. The maximum atomic E-state index is 8.65. The van der Waals surface area contributed by atoms with Gasteiger partial charge < -0.3 is 20.9 Å². The Morgan fingerprint density at radius 2 is 2.00 bits per heavy atom. The second-order valence-corrected chi connectivity index (χ2v) is 3.95. The van der Waals surface area contributed by atoms with Gasteiger partial charge in [-0.3, -0.25) is 0 Å². The number of aliphatic hydroxyl groups excluding tert-OH is 1. The van der Waals surface area contributed by atoms with Crippen molar-refractivity contribution in [3.05, 3.63) is 0 Å². The number of rotatable bonds is 6. The Kier molecular flexibility index (Phi) is 5.40. The van der Waals surface area contributed by atoms with Crippen molar-refractivity contribution in [1.29, 1.82) is 0 Å². The summed E-state index contributed by atoms with van der Waals surface area (Å²) in [7, 11) is 0. The van der Waals surface area contributed by atoms with Gasteiger partial charge in [-0.25, -0.2) is 0 Å². The molecule has 4 heteroatoms. The summed E-state index contributed by atoms with van der Waals surface area (Å²) >= 11 is 0. The van der Waals surface area contributed by atoms with Crippen LogP contribution in [-0.4, -0.2) is 43.6 Å². The molecule has 4 nitrogen and oxygen atoms in total. The van der Waals surface area contributed by atoms with Crippen molar-refractivity contribution in [2.24, 2.45) is 5.73 Å². The maximum Gasteiger partial charge on any atom is 0.0484 e. The van der Waals surface area contributed by atoms with E-state index in [2.05, 4.69) is 5.32 Å². The van der Waals surface area contributed by atoms with Crippen LogP contribution in [0.4, 0.5) is 0 Å². The minimum absolute atomic E-state index is 0.0910. The van der Waals surface area contributed by atoms with Crippen molar-refractivity contribution >= 4 is 0 Å². The fraction of sp³-hybridized carbons (Fsp3) is 1.00. The van der Waals surface area contributed by atoms with Gasteiger partial charge in [0.15, 0.2) is 0 Å². The molecule has 0 radical (unpaired) electrons. The Labute approximate surface area is 85.8 Å². The van der Waals surface area contributed by atoms with E-state index in [-0.39, 0.29) is 12.1 Å². The molecule has 0 unspecified atom stereocenters. The molecule has 1 heterocycles. The molecule has 0 amide bonds. The van der Waals surface area contributed by atoms with E-state index >= 15 is 0 Å². The van der Waals surface area contributed by atoms with E-state index in [0.717, 1.165) is 45.4 Å². The third-order valence-corrected chi connectivity index (χ3v) is 2.93. The molecule has 1 aliphatic heterocycles. The van der Waals surface area contributed by atoms with Crippen molar-refractivity contribution in [2.45, 2.75) is 31.2 Å². The van der Waals surface area contributed by atoms with Crippen LogP contribution in [0.2, 0.25) is 0 Å². The second-order valence-electron chi connectivity index (χ2n) is 3.95. The molecule has 84 valence electrons. The van der Waals surface area contributed by atoms with Gasteiger partial charge in [-0.05, 0) is 32.2 Å². The lowest BCUT2D eigenvalue weighted by Gasteiger charge is -2.37. The zero-order valence-electron chi connectivity index (χ0n) is 8.80. The van der Waals surface area contributed by atoms with Crippen LogP contribution < -0.4 is 11.1 Å². The third kappa shape index (κ3) is 3.53. The van der Waals surface area contributed by atoms with Crippen molar-refractivity contribution < 1.29 is 9.84 Å². The smallest absolute Gasteiger partial charge is 0.0484 e. The fourth-order valence-corrected chi connectivity index (χ4v) is 1.81. The number of hydrogen-bond acceptors (Lipinski definition) is 4. The molecule has 0 atom stereocenters. The lowest BCUT2D eigenvalue weighted by molar-refractivity contribution is 0.0413. The van der Waals surface area contributed by atoms with E-state index in [1.54, 1.807) is 0 Å². The van der Waals surface area contributed by atoms with Gasteiger partial charge in [-0.1, -0.05) is 0 Å². The van der Waals surface area contributed by atoms with Crippen molar-refractivity contribution in [3.8, 4) is 0 Å². The molecular formula is C10H22N2O2. The number of aliphatic hydroxyl groups is 1. The standard InChI is InChI=1S/C10H22N2O2/c11-9-10(3-7-14-8-4-10)12-5-1-2-6-13/h12-13H,1-9,11H2. The van der Waals surface area contributed by atoms with Gasteiger partial charge in [0.05, 0.1) is 0 Å². The predicted molar refractivity (Wildman–Crippen MR) is 56.2 cm³/mol. The molecule has 1 rings (SSSR count). The molecule has 4 N–H and O–H groups in total. The number of unbranched alkanes of at least 4 members (excludes halogenated alkanes) is 1. The summed E-state index contributed by atoms with van der Waals surface area (Å²) in [5, 5.41) is 12.2. The van der Waals surface area contributed by atoms with E-state index in [4.69, 9.17) is 15.6 Å². The molecule has 1 aliphatic rings. The Morgan fingerprint density at radius 1 is 1.29 bits per heavy atom. The number of hydrogen-bond donors (Lipinski definition) is 3. The van der Waals surface area contributed by atoms with E-state index in [1.165, 1.54) is 0 Å². The first kappa shape index (κ1) is 11.9. The zero-order valence-corrected chi connectivity index (χ0v) is 8.80. The maximum absolute atomic E-state index is 8.65. The van der Waals surface area contributed by atoms with Gasteiger partial charge in [0.25, 0.3) is 0 Å². The monoisotopic (exact) mass is 202 g/mol. The second kappa shape index (κ2) is 6.35. The van der Waals surface area contributed by atoms with Gasteiger partial charge in [-0.2, -0.15) is 0 Å². The third-order valence-electron chi connectivity index (χ3n) is 2.93. The summed E-state index contributed by atoms with van der Waals surface area (Å²) in [6.45, 7) is 3.52. The largest absolute Gasteiger partial charge is 0.396 e. The minimum Gasteiger partial charge on any atom is -0.396 e. The van der Waals surface area contributed by atoms with Gasteiger partial charge in [-0.15, -0.1) is 0 Å². The van der Waals surface area contributed by atoms with Gasteiger partial charge >= 0.3 is 0 Å². The Hall–Kier alpha value is -0.160. The van der Waals surface area contributed by atoms with Crippen molar-refractivity contribution in [1.82, 2.24) is 5.32 Å². The van der Waals surface area contributed by atoms with Crippen LogP contribution in [0.15, 0.2) is 0 Å². The topological polar surface area (TPSA) is 67.5 Å². The predicted octanol–water partition coefficient (Wildman–Crippen LogP) is -0.144. The van der Waals surface area contributed by atoms with Crippen LogP contribution in [-0.2, 0) is 4.74 Å². The fourth-order valence-electron chi connectivity index (χ4n) is 1.81. The highest BCUT2D eigenvalue weighted by Crippen LogP contribution is 2.19. The van der Waals surface area contributed by atoms with Crippen LogP contribution >= 0.6 is 0 Å². The van der Waals surface area contributed by atoms with Crippen LogP contribution in [0.25, 0.3) is 0 Å². The molecule has 0 bridgehead atoms. The summed E-state index contributed by atoms with van der Waals surface area (Å²) in [5.41, 5.74) is 5.88. The van der Waals surface area contributed by atoms with E-state index in [0.29, 0.717) is 6.54 Å². The number of ether oxygens (including phenoxy) is 1. The first-order valence-electron chi connectivity index (χ1n) is 5.47. The van der Waals surface area contributed by atoms with Crippen LogP contribution in [0.3, 0.4) is 0 Å². The van der Waals surface area contributed by atoms with Crippen LogP contribution in [0, 0.1) is 0 Å². The number of nitrogens with two attached hydrogens (primary N) is 1. The molecule has 0 aromatic heterocycles. The zero-order chi connectivity index (χ0) is 10.3. The van der Waals surface area contributed by atoms with Crippen molar-refractivity contribution in [2.75, 3.05) is 32.9 Å². The van der Waals surface area contributed by atoms with Crippen LogP contribution in [0.1, 0.15) is 25.7 Å². The highest BCUT2D eigenvalue weighted by Gasteiger charge is 2.29. The molecule has 0 aromatic carbocycles. The minimum atomic E-state index is 0.0910. The molecule has 1 fully saturated rings. The summed E-state index contributed by atoms with van der Waals surface area (Å²) in [4.78, 5) is 0. The van der Waals surface area contributed by atoms with Gasteiger partial charge in [0, 0.05) is 31.9 Å². The molecule has 1 saturated heterocycles. The summed E-state index contributed by atoms with van der Waals surface area (Å²) < 4.78 is 5.32. The molecular weight excluding hydrogens is 180 g/mol. The van der Waals surface area contributed by atoms with E-state index in [9.17, 15) is 0 Å². The summed E-state index contributed by atoms with van der Waals surface area (Å²) in [5.74, 6) is 0. The van der Waals surface area contributed by atoms with Gasteiger partial charge in [0.1, 0.15) is 0 Å². The van der Waals surface area contributed by atoms with Gasteiger partial charge in [0.2, 0.25) is 0 Å². The first-order chi connectivity index (χ1) is 6.83. The van der Waals surface area contributed by atoms with Crippen molar-refractivity contribution in [3.63, 3.8) is 0 Å². The highest BCUT2D eigenvalue weighted by atomic mass is 16.5. The average molecular weight is 202 g/mol. The van der Waals surface area contributed by atoms with E-state index < -0.39 is 0 Å². The average Bonchev–Trinajstić information content (AvgIpc) is 2.26. The molecule has 0 spiro atoms. The molecule has 0 aromatic rings. The lowest BCUT2D eigenvalue weighted by atomic mass is 9.90. The van der Waals surface area contributed by atoms with Crippen LogP contribution in [0.5, 0.6) is 0 Å². The Balaban J connectivity index is 2.22. The quantitative estimate of drug-likeness (QED) is 0.524. The molecule has 0 saturated carbocycles. The summed E-state index contributed by atoms with van der Waals surface area (Å²) in [6, 6.07) is 0. The molecule has 14 heavy (non-hydrogen) atoms. The van der Waals surface area contributed by atoms with E-state index in [1.807, 2.05) is 0 Å².